The van der Waals surface area contributed by atoms with Crippen LogP contribution in [0.15, 0.2) is 24.3 Å². The Balaban J connectivity index is 1.88. The van der Waals surface area contributed by atoms with Crippen LogP contribution in [0, 0.1) is 0 Å². The topological polar surface area (TPSA) is 55.1 Å². The standard InChI is InChI=1S/C17H26N2O/c1-13(18)11-12-19-17(20)16-9-7-15(8-10-16)14-5-3-2-4-6-14/h7-10,13-14H,2-6,11-12,18H2,1H3,(H,19,20). The molecule has 1 fully saturated rings. The largest absolute Gasteiger partial charge is 0.352 e. The molecule has 0 aliphatic heterocycles. The Labute approximate surface area is 121 Å². The summed E-state index contributed by atoms with van der Waals surface area (Å²) in [6.07, 6.45) is 7.44. The summed E-state index contributed by atoms with van der Waals surface area (Å²) in [5, 5.41) is 2.91. The Morgan fingerprint density at radius 1 is 1.25 bits per heavy atom. The van der Waals surface area contributed by atoms with Gasteiger partial charge in [0.05, 0.1) is 0 Å². The molecule has 1 atom stereocenters. The minimum atomic E-state index is 0.000782. The predicted octanol–water partition coefficient (Wildman–Crippen LogP) is 3.20. The van der Waals surface area contributed by atoms with Gasteiger partial charge in [-0.05, 0) is 49.8 Å². The van der Waals surface area contributed by atoms with Crippen molar-refractivity contribution in [2.45, 2.75) is 57.4 Å². The number of carbonyl (C=O) groups excluding carboxylic acids is 1. The summed E-state index contributed by atoms with van der Waals surface area (Å²) in [4.78, 5) is 12.0. The van der Waals surface area contributed by atoms with Crippen molar-refractivity contribution >= 4 is 5.91 Å². The number of benzene rings is 1. The fourth-order valence-electron chi connectivity index (χ4n) is 2.86. The highest BCUT2D eigenvalue weighted by Gasteiger charge is 2.15. The highest BCUT2D eigenvalue weighted by atomic mass is 16.1. The third kappa shape index (κ3) is 4.34. The van der Waals surface area contributed by atoms with Crippen LogP contribution >= 0.6 is 0 Å². The van der Waals surface area contributed by atoms with Crippen LogP contribution in [0.2, 0.25) is 0 Å². The molecule has 3 heteroatoms. The maximum Gasteiger partial charge on any atom is 0.251 e. The van der Waals surface area contributed by atoms with Gasteiger partial charge in [0.25, 0.3) is 5.91 Å². The summed E-state index contributed by atoms with van der Waals surface area (Å²) >= 11 is 0. The van der Waals surface area contributed by atoms with E-state index in [0.717, 1.165) is 12.0 Å². The van der Waals surface area contributed by atoms with Crippen LogP contribution in [0.25, 0.3) is 0 Å². The van der Waals surface area contributed by atoms with Gasteiger partial charge in [-0.15, -0.1) is 0 Å². The van der Waals surface area contributed by atoms with E-state index < -0.39 is 0 Å². The molecule has 1 aliphatic carbocycles. The van der Waals surface area contributed by atoms with Crippen molar-refractivity contribution in [2.24, 2.45) is 5.73 Å². The lowest BCUT2D eigenvalue weighted by Crippen LogP contribution is -2.28. The van der Waals surface area contributed by atoms with Crippen LogP contribution in [0.4, 0.5) is 0 Å². The van der Waals surface area contributed by atoms with E-state index in [1.807, 2.05) is 19.1 Å². The van der Waals surface area contributed by atoms with Crippen molar-refractivity contribution in [1.82, 2.24) is 5.32 Å². The van der Waals surface area contributed by atoms with Crippen molar-refractivity contribution in [1.29, 1.82) is 0 Å². The van der Waals surface area contributed by atoms with Gasteiger partial charge in [0, 0.05) is 18.2 Å². The van der Waals surface area contributed by atoms with E-state index in [4.69, 9.17) is 5.73 Å². The zero-order valence-electron chi connectivity index (χ0n) is 12.4. The van der Waals surface area contributed by atoms with Gasteiger partial charge in [-0.1, -0.05) is 31.4 Å². The lowest BCUT2D eigenvalue weighted by molar-refractivity contribution is 0.0953. The molecule has 20 heavy (non-hydrogen) atoms. The maximum atomic E-state index is 12.0. The van der Waals surface area contributed by atoms with E-state index in [1.54, 1.807) is 0 Å². The molecule has 0 heterocycles. The molecule has 1 amide bonds. The molecule has 0 aromatic heterocycles. The van der Waals surface area contributed by atoms with Gasteiger partial charge in [0.15, 0.2) is 0 Å². The minimum Gasteiger partial charge on any atom is -0.352 e. The van der Waals surface area contributed by atoms with Crippen LogP contribution in [0.3, 0.4) is 0 Å². The monoisotopic (exact) mass is 274 g/mol. The molecule has 3 N–H and O–H groups in total. The van der Waals surface area contributed by atoms with Crippen molar-refractivity contribution in [3.05, 3.63) is 35.4 Å². The summed E-state index contributed by atoms with van der Waals surface area (Å²) in [6.45, 7) is 2.59. The smallest absolute Gasteiger partial charge is 0.251 e. The van der Waals surface area contributed by atoms with Crippen LogP contribution < -0.4 is 11.1 Å². The summed E-state index contributed by atoms with van der Waals surface area (Å²) in [6, 6.07) is 8.27. The number of nitrogens with two attached hydrogens (primary N) is 1. The molecule has 1 aromatic rings. The fourth-order valence-corrected chi connectivity index (χ4v) is 2.86. The SMILES string of the molecule is CC(N)CCNC(=O)c1ccc(C2CCCCC2)cc1. The third-order valence-corrected chi connectivity index (χ3v) is 4.13. The molecular formula is C17H26N2O. The first-order valence-electron chi connectivity index (χ1n) is 7.80. The Morgan fingerprint density at radius 3 is 2.50 bits per heavy atom. The summed E-state index contributed by atoms with van der Waals surface area (Å²) in [5.41, 5.74) is 7.80. The Hall–Kier alpha value is -1.35. The van der Waals surface area contributed by atoms with Gasteiger partial charge in [0.1, 0.15) is 0 Å². The average Bonchev–Trinajstić information content (AvgIpc) is 2.48. The lowest BCUT2D eigenvalue weighted by Gasteiger charge is -2.22. The van der Waals surface area contributed by atoms with E-state index in [9.17, 15) is 4.79 Å². The molecule has 1 aromatic carbocycles. The first-order chi connectivity index (χ1) is 9.66. The fraction of sp³-hybridized carbons (Fsp3) is 0.588. The van der Waals surface area contributed by atoms with Crippen LogP contribution in [0.1, 0.15) is 67.3 Å². The molecule has 110 valence electrons. The number of amides is 1. The number of carbonyl (C=O) groups is 1. The van der Waals surface area contributed by atoms with Crippen LogP contribution in [-0.4, -0.2) is 18.5 Å². The normalized spacial score (nSPS) is 17.7. The van der Waals surface area contributed by atoms with Gasteiger partial charge >= 0.3 is 0 Å². The van der Waals surface area contributed by atoms with Gasteiger partial charge in [-0.25, -0.2) is 0 Å². The number of hydrogen-bond acceptors (Lipinski definition) is 2. The van der Waals surface area contributed by atoms with E-state index in [0.29, 0.717) is 12.5 Å². The van der Waals surface area contributed by atoms with Crippen LogP contribution in [-0.2, 0) is 0 Å². The highest BCUT2D eigenvalue weighted by molar-refractivity contribution is 5.94. The van der Waals surface area contributed by atoms with Crippen molar-refractivity contribution in [2.75, 3.05) is 6.54 Å². The van der Waals surface area contributed by atoms with E-state index in [2.05, 4.69) is 17.4 Å². The Kier molecular flexibility index (Phi) is 5.60. The second-order valence-corrected chi connectivity index (χ2v) is 5.98. The van der Waals surface area contributed by atoms with Crippen molar-refractivity contribution in [3.63, 3.8) is 0 Å². The molecular weight excluding hydrogens is 248 g/mol. The average molecular weight is 274 g/mol. The number of nitrogens with one attached hydrogen (secondary N) is 1. The maximum absolute atomic E-state index is 12.0. The van der Waals surface area contributed by atoms with E-state index >= 15 is 0 Å². The van der Waals surface area contributed by atoms with Crippen molar-refractivity contribution < 1.29 is 4.79 Å². The molecule has 0 spiro atoms. The highest BCUT2D eigenvalue weighted by Crippen LogP contribution is 2.32. The molecule has 1 unspecified atom stereocenters. The second kappa shape index (κ2) is 7.44. The van der Waals surface area contributed by atoms with Gasteiger partial charge in [0.2, 0.25) is 0 Å². The summed E-state index contributed by atoms with van der Waals surface area (Å²) in [7, 11) is 0. The predicted molar refractivity (Wildman–Crippen MR) is 82.9 cm³/mol. The minimum absolute atomic E-state index is 0.000782. The third-order valence-electron chi connectivity index (χ3n) is 4.13. The summed E-state index contributed by atoms with van der Waals surface area (Å²) in [5.74, 6) is 0.694. The Bertz CT molecular complexity index is 419. The zero-order valence-corrected chi connectivity index (χ0v) is 12.4. The number of hydrogen-bond donors (Lipinski definition) is 2. The molecule has 2 rings (SSSR count). The number of rotatable bonds is 5. The second-order valence-electron chi connectivity index (χ2n) is 5.98. The van der Waals surface area contributed by atoms with Gasteiger partial charge in [-0.2, -0.15) is 0 Å². The van der Waals surface area contributed by atoms with E-state index in [1.165, 1.54) is 37.7 Å². The molecule has 0 bridgehead atoms. The van der Waals surface area contributed by atoms with Gasteiger partial charge in [-0.3, -0.25) is 4.79 Å². The lowest BCUT2D eigenvalue weighted by atomic mass is 9.84. The molecule has 0 saturated heterocycles. The van der Waals surface area contributed by atoms with Crippen LogP contribution in [0.5, 0.6) is 0 Å². The van der Waals surface area contributed by atoms with E-state index in [-0.39, 0.29) is 11.9 Å². The first-order valence-corrected chi connectivity index (χ1v) is 7.80. The molecule has 1 aliphatic rings. The molecule has 1 saturated carbocycles. The first kappa shape index (κ1) is 15.0. The molecule has 3 nitrogen and oxygen atoms in total. The summed E-state index contributed by atoms with van der Waals surface area (Å²) < 4.78 is 0. The van der Waals surface area contributed by atoms with Gasteiger partial charge < -0.3 is 11.1 Å². The quantitative estimate of drug-likeness (QED) is 0.866. The Morgan fingerprint density at radius 2 is 1.90 bits per heavy atom. The van der Waals surface area contributed by atoms with Crippen molar-refractivity contribution in [3.8, 4) is 0 Å². The zero-order chi connectivity index (χ0) is 14.4. The molecule has 0 radical (unpaired) electrons.